The Morgan fingerprint density at radius 2 is 1.72 bits per heavy atom. The standard InChI is InChI=1S/C19H13Cl2N3O/c20-13-5-3-12(4-6-13)18-23-17-10-14(21)7-8-16(17)19(24-18)22-11-15-2-1-9-25-15/h1-10H,11H2,(H,22,23,24). The van der Waals surface area contributed by atoms with Crippen LogP contribution in [0.25, 0.3) is 22.3 Å². The van der Waals surface area contributed by atoms with Gasteiger partial charge in [-0.05, 0) is 54.6 Å². The lowest BCUT2D eigenvalue weighted by Crippen LogP contribution is -2.03. The number of halogens is 2. The van der Waals surface area contributed by atoms with Crippen molar-refractivity contribution in [3.05, 3.63) is 76.7 Å². The summed E-state index contributed by atoms with van der Waals surface area (Å²) in [6.07, 6.45) is 1.65. The number of rotatable bonds is 4. The fraction of sp³-hybridized carbons (Fsp3) is 0.0526. The van der Waals surface area contributed by atoms with Crippen LogP contribution in [0, 0.1) is 0 Å². The third kappa shape index (κ3) is 3.45. The summed E-state index contributed by atoms with van der Waals surface area (Å²) in [5, 5.41) is 5.51. The van der Waals surface area contributed by atoms with E-state index in [1.54, 1.807) is 6.26 Å². The smallest absolute Gasteiger partial charge is 0.162 e. The summed E-state index contributed by atoms with van der Waals surface area (Å²) in [5.74, 6) is 2.16. The van der Waals surface area contributed by atoms with Gasteiger partial charge in [0, 0.05) is 21.0 Å². The molecule has 0 aliphatic heterocycles. The highest BCUT2D eigenvalue weighted by Gasteiger charge is 2.10. The van der Waals surface area contributed by atoms with E-state index in [0.717, 1.165) is 28.0 Å². The highest BCUT2D eigenvalue weighted by atomic mass is 35.5. The van der Waals surface area contributed by atoms with Gasteiger partial charge in [-0.2, -0.15) is 0 Å². The van der Waals surface area contributed by atoms with E-state index in [9.17, 15) is 0 Å². The minimum absolute atomic E-state index is 0.530. The number of nitrogens with zero attached hydrogens (tertiary/aromatic N) is 2. The quantitative estimate of drug-likeness (QED) is 0.493. The predicted molar refractivity (Wildman–Crippen MR) is 101 cm³/mol. The Morgan fingerprint density at radius 1 is 0.920 bits per heavy atom. The first kappa shape index (κ1) is 15.9. The molecule has 0 atom stereocenters. The monoisotopic (exact) mass is 369 g/mol. The average Bonchev–Trinajstić information content (AvgIpc) is 3.13. The minimum Gasteiger partial charge on any atom is -0.467 e. The molecule has 4 nitrogen and oxygen atoms in total. The van der Waals surface area contributed by atoms with Gasteiger partial charge in [-0.25, -0.2) is 9.97 Å². The third-order valence-electron chi connectivity index (χ3n) is 3.77. The summed E-state index contributed by atoms with van der Waals surface area (Å²) in [4.78, 5) is 9.32. The molecule has 0 radical (unpaired) electrons. The van der Waals surface area contributed by atoms with Gasteiger partial charge >= 0.3 is 0 Å². The fourth-order valence-corrected chi connectivity index (χ4v) is 2.84. The molecule has 2 aromatic heterocycles. The van der Waals surface area contributed by atoms with Gasteiger partial charge in [0.25, 0.3) is 0 Å². The highest BCUT2D eigenvalue weighted by Crippen LogP contribution is 2.28. The molecule has 1 N–H and O–H groups in total. The largest absolute Gasteiger partial charge is 0.467 e. The van der Waals surface area contributed by atoms with Crippen molar-refractivity contribution in [1.29, 1.82) is 0 Å². The molecule has 124 valence electrons. The van der Waals surface area contributed by atoms with Gasteiger partial charge < -0.3 is 9.73 Å². The Hall–Kier alpha value is -2.56. The number of aromatic nitrogens is 2. The maximum Gasteiger partial charge on any atom is 0.162 e. The number of fused-ring (bicyclic) bond motifs is 1. The zero-order chi connectivity index (χ0) is 17.2. The molecule has 0 unspecified atom stereocenters. The van der Waals surface area contributed by atoms with Crippen molar-refractivity contribution >= 4 is 39.9 Å². The second-order valence-corrected chi connectivity index (χ2v) is 6.37. The van der Waals surface area contributed by atoms with E-state index in [-0.39, 0.29) is 0 Å². The van der Waals surface area contributed by atoms with Crippen LogP contribution in [0.4, 0.5) is 5.82 Å². The molecule has 4 aromatic rings. The van der Waals surface area contributed by atoms with Crippen molar-refractivity contribution in [2.45, 2.75) is 6.54 Å². The Balaban J connectivity index is 1.79. The van der Waals surface area contributed by atoms with E-state index in [1.807, 2.05) is 54.6 Å². The number of nitrogens with one attached hydrogen (secondary N) is 1. The fourth-order valence-electron chi connectivity index (χ4n) is 2.55. The molecule has 0 spiro atoms. The lowest BCUT2D eigenvalue weighted by molar-refractivity contribution is 0.518. The summed E-state index contributed by atoms with van der Waals surface area (Å²) < 4.78 is 5.37. The van der Waals surface area contributed by atoms with E-state index >= 15 is 0 Å². The van der Waals surface area contributed by atoms with Crippen LogP contribution in [-0.4, -0.2) is 9.97 Å². The normalized spacial score (nSPS) is 11.0. The van der Waals surface area contributed by atoms with Crippen LogP contribution < -0.4 is 5.32 Å². The molecule has 0 amide bonds. The number of anilines is 1. The SMILES string of the molecule is Clc1ccc(-c2nc(NCc3ccco3)c3ccc(Cl)cc3n2)cc1. The summed E-state index contributed by atoms with van der Waals surface area (Å²) >= 11 is 12.1. The lowest BCUT2D eigenvalue weighted by atomic mass is 10.2. The Bertz CT molecular complexity index is 1010. The molecule has 0 aliphatic rings. The van der Waals surface area contributed by atoms with Crippen LogP contribution in [0.2, 0.25) is 10.0 Å². The van der Waals surface area contributed by atoms with Gasteiger partial charge in [-0.15, -0.1) is 0 Å². The molecular weight excluding hydrogens is 357 g/mol. The van der Waals surface area contributed by atoms with Crippen LogP contribution in [0.15, 0.2) is 65.3 Å². The Kier molecular flexibility index (Phi) is 4.30. The van der Waals surface area contributed by atoms with Crippen molar-refractivity contribution in [3.8, 4) is 11.4 Å². The zero-order valence-electron chi connectivity index (χ0n) is 13.0. The van der Waals surface area contributed by atoms with Crippen molar-refractivity contribution < 1.29 is 4.42 Å². The summed E-state index contributed by atoms with van der Waals surface area (Å²) in [6, 6.07) is 16.8. The second kappa shape index (κ2) is 6.75. The molecule has 0 saturated carbocycles. The average molecular weight is 370 g/mol. The molecular formula is C19H13Cl2N3O. The molecule has 0 saturated heterocycles. The second-order valence-electron chi connectivity index (χ2n) is 5.50. The molecule has 2 aromatic carbocycles. The third-order valence-corrected chi connectivity index (χ3v) is 4.26. The van der Waals surface area contributed by atoms with Crippen LogP contribution in [0.3, 0.4) is 0 Å². The van der Waals surface area contributed by atoms with E-state index in [4.69, 9.17) is 27.6 Å². The number of furan rings is 1. The molecule has 0 bridgehead atoms. The Labute approximate surface area is 154 Å². The Morgan fingerprint density at radius 3 is 2.48 bits per heavy atom. The first-order valence-corrected chi connectivity index (χ1v) is 8.44. The number of hydrogen-bond acceptors (Lipinski definition) is 4. The molecule has 0 fully saturated rings. The first-order valence-electron chi connectivity index (χ1n) is 7.68. The maximum atomic E-state index is 6.14. The highest BCUT2D eigenvalue weighted by molar-refractivity contribution is 6.31. The number of hydrogen-bond donors (Lipinski definition) is 1. The molecule has 2 heterocycles. The van der Waals surface area contributed by atoms with E-state index < -0.39 is 0 Å². The van der Waals surface area contributed by atoms with Crippen molar-refractivity contribution in [2.24, 2.45) is 0 Å². The topological polar surface area (TPSA) is 51.0 Å². The predicted octanol–water partition coefficient (Wildman–Crippen LogP) is 5.81. The summed E-state index contributed by atoms with van der Waals surface area (Å²) in [6.45, 7) is 0.530. The molecule has 0 aliphatic carbocycles. The molecule has 6 heteroatoms. The van der Waals surface area contributed by atoms with E-state index in [0.29, 0.717) is 22.4 Å². The van der Waals surface area contributed by atoms with Gasteiger partial charge in [0.1, 0.15) is 11.6 Å². The maximum absolute atomic E-state index is 6.14. The van der Waals surface area contributed by atoms with Gasteiger partial charge in [0.05, 0.1) is 18.3 Å². The van der Waals surface area contributed by atoms with Crippen molar-refractivity contribution in [1.82, 2.24) is 9.97 Å². The van der Waals surface area contributed by atoms with Crippen molar-refractivity contribution in [3.63, 3.8) is 0 Å². The van der Waals surface area contributed by atoms with Crippen LogP contribution in [0.5, 0.6) is 0 Å². The van der Waals surface area contributed by atoms with Crippen molar-refractivity contribution in [2.75, 3.05) is 5.32 Å². The number of benzene rings is 2. The zero-order valence-corrected chi connectivity index (χ0v) is 14.6. The van der Waals surface area contributed by atoms with Gasteiger partial charge in [0.2, 0.25) is 0 Å². The van der Waals surface area contributed by atoms with Gasteiger partial charge in [-0.1, -0.05) is 23.2 Å². The first-order chi connectivity index (χ1) is 12.2. The molecule has 4 rings (SSSR count). The molecule has 25 heavy (non-hydrogen) atoms. The minimum atomic E-state index is 0.530. The van der Waals surface area contributed by atoms with Crippen LogP contribution in [0.1, 0.15) is 5.76 Å². The van der Waals surface area contributed by atoms with Crippen LogP contribution >= 0.6 is 23.2 Å². The van der Waals surface area contributed by atoms with Gasteiger partial charge in [-0.3, -0.25) is 0 Å². The van der Waals surface area contributed by atoms with Gasteiger partial charge in [0.15, 0.2) is 5.82 Å². The lowest BCUT2D eigenvalue weighted by Gasteiger charge is -2.10. The summed E-state index contributed by atoms with van der Waals surface area (Å²) in [7, 11) is 0. The van der Waals surface area contributed by atoms with E-state index in [1.165, 1.54) is 0 Å². The summed E-state index contributed by atoms with van der Waals surface area (Å²) in [5.41, 5.74) is 1.65. The van der Waals surface area contributed by atoms with E-state index in [2.05, 4.69) is 15.3 Å². The van der Waals surface area contributed by atoms with Crippen LogP contribution in [-0.2, 0) is 6.54 Å².